The summed E-state index contributed by atoms with van der Waals surface area (Å²) in [6, 6.07) is 19.1. The van der Waals surface area contributed by atoms with E-state index in [4.69, 9.17) is 4.74 Å². The molecule has 0 heterocycles. The van der Waals surface area contributed by atoms with Crippen molar-refractivity contribution >= 4 is 11.8 Å². The van der Waals surface area contributed by atoms with Crippen LogP contribution in [-0.2, 0) is 0 Å². The molecule has 0 radical (unpaired) electrons. The molecule has 3 heteroatoms. The second-order valence-corrected chi connectivity index (χ2v) is 5.76. The van der Waals surface area contributed by atoms with Crippen LogP contribution in [0.2, 0.25) is 0 Å². The third kappa shape index (κ3) is 4.58. The van der Waals surface area contributed by atoms with Gasteiger partial charge in [0.05, 0.1) is 6.61 Å². The van der Waals surface area contributed by atoms with Gasteiger partial charge in [-0.3, -0.25) is 0 Å². The summed E-state index contributed by atoms with van der Waals surface area (Å²) in [5.41, 5.74) is 1.28. The highest BCUT2D eigenvalue weighted by Gasteiger charge is 2.02. The van der Waals surface area contributed by atoms with Crippen LogP contribution in [-0.4, -0.2) is 19.4 Å². The molecule has 106 valence electrons. The highest BCUT2D eigenvalue weighted by molar-refractivity contribution is 7.99. The van der Waals surface area contributed by atoms with Crippen LogP contribution in [0, 0.1) is 0 Å². The molecule has 0 aliphatic heterocycles. The minimum atomic E-state index is 0.373. The Morgan fingerprint density at radius 2 is 1.75 bits per heavy atom. The molecule has 1 N–H and O–H groups in total. The van der Waals surface area contributed by atoms with Crippen molar-refractivity contribution in [2.75, 3.05) is 19.4 Å². The number of benzene rings is 2. The number of rotatable bonds is 7. The summed E-state index contributed by atoms with van der Waals surface area (Å²) >= 11 is 1.82. The van der Waals surface area contributed by atoms with Crippen LogP contribution in [0.4, 0.5) is 0 Å². The van der Waals surface area contributed by atoms with E-state index in [1.54, 1.807) is 0 Å². The van der Waals surface area contributed by atoms with Gasteiger partial charge in [0.25, 0.3) is 0 Å². The first kappa shape index (κ1) is 14.9. The summed E-state index contributed by atoms with van der Waals surface area (Å²) in [6.07, 6.45) is 0. The van der Waals surface area contributed by atoms with Gasteiger partial charge in [0.2, 0.25) is 0 Å². The SMILES string of the molecule is CNC(C)c1ccc(OCCSc2ccccc2)cc1. The van der Waals surface area contributed by atoms with E-state index in [1.165, 1.54) is 10.5 Å². The molecule has 2 aromatic rings. The molecule has 0 aliphatic rings. The minimum Gasteiger partial charge on any atom is -0.493 e. The fraction of sp³-hybridized carbons (Fsp3) is 0.294. The zero-order valence-electron chi connectivity index (χ0n) is 12.0. The summed E-state index contributed by atoms with van der Waals surface area (Å²) < 4.78 is 5.75. The summed E-state index contributed by atoms with van der Waals surface area (Å²) in [4.78, 5) is 1.29. The first-order valence-corrected chi connectivity index (χ1v) is 7.86. The van der Waals surface area contributed by atoms with Gasteiger partial charge in [-0.1, -0.05) is 30.3 Å². The topological polar surface area (TPSA) is 21.3 Å². The van der Waals surface area contributed by atoms with Crippen LogP contribution in [0.25, 0.3) is 0 Å². The lowest BCUT2D eigenvalue weighted by Crippen LogP contribution is -2.12. The summed E-state index contributed by atoms with van der Waals surface area (Å²) in [5.74, 6) is 1.89. The normalized spacial score (nSPS) is 12.1. The van der Waals surface area contributed by atoms with Crippen LogP contribution in [0.3, 0.4) is 0 Å². The van der Waals surface area contributed by atoms with Crippen molar-refractivity contribution in [3.05, 3.63) is 60.2 Å². The Labute approximate surface area is 125 Å². The zero-order valence-corrected chi connectivity index (χ0v) is 12.8. The van der Waals surface area contributed by atoms with E-state index in [-0.39, 0.29) is 0 Å². The summed E-state index contributed by atoms with van der Waals surface area (Å²) in [6.45, 7) is 2.87. The molecule has 0 saturated carbocycles. The summed E-state index contributed by atoms with van der Waals surface area (Å²) in [7, 11) is 1.97. The van der Waals surface area contributed by atoms with Crippen molar-refractivity contribution in [2.45, 2.75) is 17.9 Å². The molecule has 2 rings (SSSR count). The molecule has 20 heavy (non-hydrogen) atoms. The van der Waals surface area contributed by atoms with Crippen molar-refractivity contribution in [1.29, 1.82) is 0 Å². The van der Waals surface area contributed by atoms with E-state index < -0.39 is 0 Å². The van der Waals surface area contributed by atoms with Gasteiger partial charge in [-0.25, -0.2) is 0 Å². The van der Waals surface area contributed by atoms with Crippen LogP contribution in [0.1, 0.15) is 18.5 Å². The maximum atomic E-state index is 5.75. The first-order chi connectivity index (χ1) is 9.79. The average molecular weight is 287 g/mol. The average Bonchev–Trinajstić information content (AvgIpc) is 2.52. The predicted molar refractivity (Wildman–Crippen MR) is 86.6 cm³/mol. The fourth-order valence-corrected chi connectivity index (χ4v) is 2.61. The molecule has 2 aromatic carbocycles. The van der Waals surface area contributed by atoms with Gasteiger partial charge in [0.15, 0.2) is 0 Å². The molecule has 1 atom stereocenters. The molecule has 2 nitrogen and oxygen atoms in total. The third-order valence-corrected chi connectivity index (χ3v) is 4.15. The molecule has 0 spiro atoms. The minimum absolute atomic E-state index is 0.373. The Morgan fingerprint density at radius 3 is 2.40 bits per heavy atom. The van der Waals surface area contributed by atoms with E-state index in [2.05, 4.69) is 48.6 Å². The number of hydrogen-bond acceptors (Lipinski definition) is 3. The van der Waals surface area contributed by atoms with Crippen molar-refractivity contribution < 1.29 is 4.74 Å². The van der Waals surface area contributed by atoms with Crippen molar-refractivity contribution in [3.63, 3.8) is 0 Å². The van der Waals surface area contributed by atoms with Gasteiger partial charge in [-0.15, -0.1) is 11.8 Å². The van der Waals surface area contributed by atoms with E-state index in [0.29, 0.717) is 6.04 Å². The van der Waals surface area contributed by atoms with Gasteiger partial charge in [0.1, 0.15) is 5.75 Å². The van der Waals surface area contributed by atoms with E-state index in [0.717, 1.165) is 18.1 Å². The molecule has 0 saturated heterocycles. The third-order valence-electron chi connectivity index (χ3n) is 3.18. The first-order valence-electron chi connectivity index (χ1n) is 6.87. The van der Waals surface area contributed by atoms with Gasteiger partial charge in [-0.05, 0) is 43.8 Å². The van der Waals surface area contributed by atoms with Gasteiger partial charge < -0.3 is 10.1 Å². The Hall–Kier alpha value is -1.45. The molecule has 0 aromatic heterocycles. The zero-order chi connectivity index (χ0) is 14.2. The molecule has 0 fully saturated rings. The predicted octanol–water partition coefficient (Wildman–Crippen LogP) is 4.14. The Morgan fingerprint density at radius 1 is 1.05 bits per heavy atom. The Bertz CT molecular complexity index is 498. The van der Waals surface area contributed by atoms with Crippen LogP contribution >= 0.6 is 11.8 Å². The van der Waals surface area contributed by atoms with E-state index in [1.807, 2.05) is 37.0 Å². The van der Waals surface area contributed by atoms with Gasteiger partial charge in [0, 0.05) is 16.7 Å². The molecule has 0 aliphatic carbocycles. The molecule has 0 bridgehead atoms. The molecule has 1 unspecified atom stereocenters. The fourth-order valence-electron chi connectivity index (χ4n) is 1.86. The van der Waals surface area contributed by atoms with Crippen molar-refractivity contribution in [3.8, 4) is 5.75 Å². The largest absolute Gasteiger partial charge is 0.493 e. The van der Waals surface area contributed by atoms with Gasteiger partial charge >= 0.3 is 0 Å². The molecular weight excluding hydrogens is 266 g/mol. The number of nitrogens with one attached hydrogen (secondary N) is 1. The van der Waals surface area contributed by atoms with E-state index >= 15 is 0 Å². The number of hydrogen-bond donors (Lipinski definition) is 1. The van der Waals surface area contributed by atoms with Crippen molar-refractivity contribution in [2.24, 2.45) is 0 Å². The maximum absolute atomic E-state index is 5.75. The van der Waals surface area contributed by atoms with Gasteiger partial charge in [-0.2, -0.15) is 0 Å². The highest BCUT2D eigenvalue weighted by atomic mass is 32.2. The maximum Gasteiger partial charge on any atom is 0.119 e. The smallest absolute Gasteiger partial charge is 0.119 e. The van der Waals surface area contributed by atoms with Crippen molar-refractivity contribution in [1.82, 2.24) is 5.32 Å². The van der Waals surface area contributed by atoms with Crippen LogP contribution < -0.4 is 10.1 Å². The lowest BCUT2D eigenvalue weighted by atomic mass is 10.1. The standard InChI is InChI=1S/C17H21NOS/c1-14(18-2)15-8-10-16(11-9-15)19-12-13-20-17-6-4-3-5-7-17/h3-11,14,18H,12-13H2,1-2H3. The Kier molecular flexibility index (Phi) is 5.96. The molecular formula is C17H21NOS. The monoisotopic (exact) mass is 287 g/mol. The lowest BCUT2D eigenvalue weighted by molar-refractivity contribution is 0.344. The number of thioether (sulfide) groups is 1. The van der Waals surface area contributed by atoms with Crippen LogP contribution in [0.15, 0.2) is 59.5 Å². The quantitative estimate of drug-likeness (QED) is 0.611. The lowest BCUT2D eigenvalue weighted by Gasteiger charge is -2.11. The second-order valence-electron chi connectivity index (χ2n) is 4.59. The number of ether oxygens (including phenoxy) is 1. The molecule has 0 amide bonds. The second kappa shape index (κ2) is 7.98. The van der Waals surface area contributed by atoms with E-state index in [9.17, 15) is 0 Å². The summed E-state index contributed by atoms with van der Waals surface area (Å²) in [5, 5.41) is 3.23. The highest BCUT2D eigenvalue weighted by Crippen LogP contribution is 2.19. The van der Waals surface area contributed by atoms with Crippen LogP contribution in [0.5, 0.6) is 5.75 Å². The Balaban J connectivity index is 1.74.